The third-order valence-corrected chi connectivity index (χ3v) is 4.57. The van der Waals surface area contributed by atoms with Crippen LogP contribution in [0.2, 0.25) is 0 Å². The van der Waals surface area contributed by atoms with Gasteiger partial charge in [-0.05, 0) is 36.6 Å². The molecule has 0 unspecified atom stereocenters. The molecule has 0 aliphatic heterocycles. The standard InChI is InChI=1S/C19H26BrN5/c1-21-19(25(2)15-16-9-3-4-10-17(16)20)24-14-8-7-13-23-18-11-5-6-12-22-18/h3-6,9-12H,7-8,13-15H2,1-2H3,(H,21,24)(H,22,23). The Labute approximate surface area is 158 Å². The smallest absolute Gasteiger partial charge is 0.193 e. The largest absolute Gasteiger partial charge is 0.370 e. The number of nitrogens with one attached hydrogen (secondary N) is 2. The minimum atomic E-state index is 0.808. The molecule has 0 fully saturated rings. The quantitative estimate of drug-likeness (QED) is 0.400. The number of halogens is 1. The number of rotatable bonds is 8. The van der Waals surface area contributed by atoms with Crippen LogP contribution in [0.4, 0.5) is 5.82 Å². The third-order valence-electron chi connectivity index (χ3n) is 3.80. The van der Waals surface area contributed by atoms with E-state index >= 15 is 0 Å². The molecule has 0 aliphatic rings. The molecule has 134 valence electrons. The van der Waals surface area contributed by atoms with Crippen LogP contribution in [0.25, 0.3) is 0 Å². The van der Waals surface area contributed by atoms with Gasteiger partial charge in [-0.2, -0.15) is 0 Å². The van der Waals surface area contributed by atoms with Gasteiger partial charge in [0.25, 0.3) is 0 Å². The Morgan fingerprint density at radius 2 is 1.88 bits per heavy atom. The van der Waals surface area contributed by atoms with Crippen molar-refractivity contribution in [1.29, 1.82) is 0 Å². The molecule has 1 heterocycles. The topological polar surface area (TPSA) is 52.6 Å². The second-order valence-electron chi connectivity index (χ2n) is 5.77. The highest BCUT2D eigenvalue weighted by Crippen LogP contribution is 2.17. The third kappa shape index (κ3) is 6.74. The van der Waals surface area contributed by atoms with Crippen LogP contribution in [-0.4, -0.2) is 43.0 Å². The first-order valence-electron chi connectivity index (χ1n) is 8.51. The Hall–Kier alpha value is -2.08. The van der Waals surface area contributed by atoms with Crippen molar-refractivity contribution in [3.63, 3.8) is 0 Å². The molecule has 5 nitrogen and oxygen atoms in total. The van der Waals surface area contributed by atoms with Gasteiger partial charge in [0.05, 0.1) is 0 Å². The van der Waals surface area contributed by atoms with Gasteiger partial charge in [-0.1, -0.05) is 40.2 Å². The first-order valence-corrected chi connectivity index (χ1v) is 9.30. The van der Waals surface area contributed by atoms with Gasteiger partial charge in [0.2, 0.25) is 0 Å². The molecule has 25 heavy (non-hydrogen) atoms. The van der Waals surface area contributed by atoms with Crippen molar-refractivity contribution in [2.75, 3.05) is 32.5 Å². The Balaban J connectivity index is 1.67. The van der Waals surface area contributed by atoms with Gasteiger partial charge in [0.15, 0.2) is 5.96 Å². The lowest BCUT2D eigenvalue weighted by Crippen LogP contribution is -2.39. The lowest BCUT2D eigenvalue weighted by molar-refractivity contribution is 0.474. The molecule has 0 spiro atoms. The molecule has 0 amide bonds. The predicted octanol–water partition coefficient (Wildman–Crippen LogP) is 3.74. The number of anilines is 1. The lowest BCUT2D eigenvalue weighted by atomic mass is 10.2. The van der Waals surface area contributed by atoms with E-state index in [-0.39, 0.29) is 0 Å². The Morgan fingerprint density at radius 1 is 1.12 bits per heavy atom. The molecule has 2 rings (SSSR count). The highest BCUT2D eigenvalue weighted by molar-refractivity contribution is 9.10. The summed E-state index contributed by atoms with van der Waals surface area (Å²) in [5, 5.41) is 6.75. The van der Waals surface area contributed by atoms with E-state index in [0.29, 0.717) is 0 Å². The molecular weight excluding hydrogens is 378 g/mol. The van der Waals surface area contributed by atoms with Crippen LogP contribution in [0.3, 0.4) is 0 Å². The molecule has 0 aliphatic carbocycles. The molecule has 2 aromatic rings. The van der Waals surface area contributed by atoms with E-state index in [1.807, 2.05) is 31.3 Å². The normalized spacial score (nSPS) is 11.2. The van der Waals surface area contributed by atoms with Crippen molar-refractivity contribution in [3.8, 4) is 0 Å². The van der Waals surface area contributed by atoms with Crippen LogP contribution in [-0.2, 0) is 6.54 Å². The van der Waals surface area contributed by atoms with Crippen LogP contribution in [0.5, 0.6) is 0 Å². The summed E-state index contributed by atoms with van der Waals surface area (Å²) < 4.78 is 1.12. The Kier molecular flexibility index (Phi) is 8.25. The minimum Gasteiger partial charge on any atom is -0.370 e. The highest BCUT2D eigenvalue weighted by atomic mass is 79.9. The van der Waals surface area contributed by atoms with Crippen LogP contribution in [0, 0.1) is 0 Å². The first kappa shape index (κ1) is 19.2. The number of nitrogens with zero attached hydrogens (tertiary/aromatic N) is 3. The van der Waals surface area contributed by atoms with E-state index in [4.69, 9.17) is 0 Å². The second kappa shape index (κ2) is 10.7. The molecule has 0 saturated heterocycles. The fourth-order valence-corrected chi connectivity index (χ4v) is 2.89. The summed E-state index contributed by atoms with van der Waals surface area (Å²) in [5.74, 6) is 1.84. The van der Waals surface area contributed by atoms with E-state index in [1.165, 1.54) is 5.56 Å². The summed E-state index contributed by atoms with van der Waals surface area (Å²) in [6.07, 6.45) is 3.95. The zero-order valence-corrected chi connectivity index (χ0v) is 16.5. The molecule has 2 N–H and O–H groups in total. The number of aliphatic imine (C=N–C) groups is 1. The zero-order valence-electron chi connectivity index (χ0n) is 14.9. The lowest BCUT2D eigenvalue weighted by Gasteiger charge is -2.22. The average Bonchev–Trinajstić information content (AvgIpc) is 2.64. The average molecular weight is 404 g/mol. The predicted molar refractivity (Wildman–Crippen MR) is 109 cm³/mol. The monoisotopic (exact) mass is 403 g/mol. The molecule has 0 saturated carbocycles. The summed E-state index contributed by atoms with van der Waals surface area (Å²) in [5.41, 5.74) is 1.24. The fourth-order valence-electron chi connectivity index (χ4n) is 2.48. The maximum absolute atomic E-state index is 4.37. The van der Waals surface area contributed by atoms with E-state index < -0.39 is 0 Å². The summed E-state index contributed by atoms with van der Waals surface area (Å²) in [4.78, 5) is 10.8. The van der Waals surface area contributed by atoms with E-state index in [1.54, 1.807) is 6.20 Å². The Bertz CT molecular complexity index is 660. The van der Waals surface area contributed by atoms with Crippen molar-refractivity contribution < 1.29 is 0 Å². The highest BCUT2D eigenvalue weighted by Gasteiger charge is 2.08. The van der Waals surface area contributed by atoms with Gasteiger partial charge >= 0.3 is 0 Å². The Morgan fingerprint density at radius 3 is 2.60 bits per heavy atom. The number of benzene rings is 1. The SMILES string of the molecule is CN=C(NCCCCNc1ccccn1)N(C)Cc1ccccc1Br. The van der Waals surface area contributed by atoms with Crippen molar-refractivity contribution in [2.45, 2.75) is 19.4 Å². The molecular formula is C19H26BrN5. The number of guanidine groups is 1. The molecule has 1 aromatic heterocycles. The maximum Gasteiger partial charge on any atom is 0.193 e. The van der Waals surface area contributed by atoms with Crippen molar-refractivity contribution in [1.82, 2.24) is 15.2 Å². The fraction of sp³-hybridized carbons (Fsp3) is 0.368. The second-order valence-corrected chi connectivity index (χ2v) is 6.62. The molecule has 0 bridgehead atoms. The van der Waals surface area contributed by atoms with Gasteiger partial charge in [-0.25, -0.2) is 4.98 Å². The van der Waals surface area contributed by atoms with Gasteiger partial charge in [0.1, 0.15) is 5.82 Å². The first-order chi connectivity index (χ1) is 12.2. The summed E-state index contributed by atoms with van der Waals surface area (Å²) in [6.45, 7) is 2.63. The van der Waals surface area contributed by atoms with Gasteiger partial charge in [0, 0.05) is 44.4 Å². The van der Waals surface area contributed by atoms with Crippen LogP contribution in [0.1, 0.15) is 18.4 Å². The van der Waals surface area contributed by atoms with Crippen molar-refractivity contribution in [2.24, 2.45) is 4.99 Å². The van der Waals surface area contributed by atoms with Crippen molar-refractivity contribution >= 4 is 27.7 Å². The van der Waals surface area contributed by atoms with Crippen LogP contribution < -0.4 is 10.6 Å². The van der Waals surface area contributed by atoms with Gasteiger partial charge in [-0.15, -0.1) is 0 Å². The van der Waals surface area contributed by atoms with E-state index in [9.17, 15) is 0 Å². The number of hydrogen-bond donors (Lipinski definition) is 2. The zero-order chi connectivity index (χ0) is 17.9. The summed E-state index contributed by atoms with van der Waals surface area (Å²) >= 11 is 3.60. The number of unbranched alkanes of at least 4 members (excludes halogenated alkanes) is 1. The molecule has 0 radical (unpaired) electrons. The summed E-state index contributed by atoms with van der Waals surface area (Å²) in [6, 6.07) is 14.2. The van der Waals surface area contributed by atoms with E-state index in [0.717, 1.165) is 48.7 Å². The minimum absolute atomic E-state index is 0.808. The number of aromatic nitrogens is 1. The number of hydrogen-bond acceptors (Lipinski definition) is 3. The number of pyridine rings is 1. The van der Waals surface area contributed by atoms with E-state index in [2.05, 4.69) is 66.7 Å². The van der Waals surface area contributed by atoms with Gasteiger partial charge in [-0.3, -0.25) is 4.99 Å². The van der Waals surface area contributed by atoms with Gasteiger partial charge < -0.3 is 15.5 Å². The molecule has 1 aromatic carbocycles. The summed E-state index contributed by atoms with van der Waals surface area (Å²) in [7, 11) is 3.87. The van der Waals surface area contributed by atoms with Crippen LogP contribution >= 0.6 is 15.9 Å². The van der Waals surface area contributed by atoms with Crippen molar-refractivity contribution in [3.05, 3.63) is 58.7 Å². The molecule has 6 heteroatoms. The molecule has 0 atom stereocenters. The maximum atomic E-state index is 4.37. The van der Waals surface area contributed by atoms with Crippen LogP contribution in [0.15, 0.2) is 58.1 Å².